The molecule has 0 aliphatic heterocycles. The van der Waals surface area contributed by atoms with Crippen LogP contribution < -0.4 is 4.72 Å². The maximum atomic E-state index is 11.9. The second kappa shape index (κ2) is 6.11. The molecule has 0 fully saturated rings. The van der Waals surface area contributed by atoms with Gasteiger partial charge in [0.1, 0.15) is 11.5 Å². The topological polar surface area (TPSA) is 96.6 Å². The molecule has 0 saturated carbocycles. The lowest BCUT2D eigenvalue weighted by molar-refractivity contribution is 0.0697. The third-order valence-corrected chi connectivity index (χ3v) is 4.12. The highest BCUT2D eigenvalue weighted by Gasteiger charge is 2.13. The van der Waals surface area contributed by atoms with Crippen molar-refractivity contribution in [2.24, 2.45) is 0 Å². The molecule has 6 nitrogen and oxygen atoms in total. The van der Waals surface area contributed by atoms with E-state index in [1.807, 2.05) is 0 Å². The predicted octanol–water partition coefficient (Wildman–Crippen LogP) is 1.91. The van der Waals surface area contributed by atoms with Gasteiger partial charge in [-0.05, 0) is 36.8 Å². The number of carboxylic acids is 1. The van der Waals surface area contributed by atoms with Crippen molar-refractivity contribution in [2.45, 2.75) is 19.2 Å². The van der Waals surface area contributed by atoms with Crippen LogP contribution >= 0.6 is 0 Å². The number of carboxylic acid groups (broad SMARTS) is 1. The number of sulfonamides is 1. The molecular formula is C14H15NO5S. The van der Waals surface area contributed by atoms with Gasteiger partial charge in [0.25, 0.3) is 0 Å². The Kier molecular flexibility index (Phi) is 4.44. The fraction of sp³-hybridized carbons (Fsp3) is 0.214. The quantitative estimate of drug-likeness (QED) is 0.849. The van der Waals surface area contributed by atoms with E-state index in [1.165, 1.54) is 24.3 Å². The predicted molar refractivity (Wildman–Crippen MR) is 76.3 cm³/mol. The first-order chi connectivity index (χ1) is 9.85. The molecule has 1 aromatic heterocycles. The van der Waals surface area contributed by atoms with Crippen LogP contribution in [0.2, 0.25) is 0 Å². The van der Waals surface area contributed by atoms with Gasteiger partial charge in [-0.1, -0.05) is 12.1 Å². The minimum Gasteiger partial charge on any atom is -0.478 e. The molecule has 7 heteroatoms. The molecule has 0 spiro atoms. The summed E-state index contributed by atoms with van der Waals surface area (Å²) in [7, 11) is -3.51. The van der Waals surface area contributed by atoms with Crippen LogP contribution in [0.15, 0.2) is 40.8 Å². The summed E-state index contributed by atoms with van der Waals surface area (Å²) in [4.78, 5) is 10.7. The first kappa shape index (κ1) is 15.3. The highest BCUT2D eigenvalue weighted by molar-refractivity contribution is 7.88. The maximum absolute atomic E-state index is 11.9. The highest BCUT2D eigenvalue weighted by atomic mass is 32.2. The summed E-state index contributed by atoms with van der Waals surface area (Å²) in [6, 6.07) is 9.19. The average Bonchev–Trinajstić information content (AvgIpc) is 2.83. The minimum absolute atomic E-state index is 0.0867. The smallest absolute Gasteiger partial charge is 0.335 e. The fourth-order valence-corrected chi connectivity index (χ4v) is 2.87. The Bertz CT molecular complexity index is 731. The van der Waals surface area contributed by atoms with Crippen LogP contribution in [0.25, 0.3) is 0 Å². The number of hydrogen-bond acceptors (Lipinski definition) is 4. The van der Waals surface area contributed by atoms with Crippen LogP contribution in [-0.4, -0.2) is 19.5 Å². The van der Waals surface area contributed by atoms with Crippen molar-refractivity contribution >= 4 is 16.0 Å². The number of carbonyl (C=O) groups is 1. The Morgan fingerprint density at radius 3 is 2.38 bits per heavy atom. The summed E-state index contributed by atoms with van der Waals surface area (Å²) in [5, 5.41) is 8.78. The van der Waals surface area contributed by atoms with E-state index in [0.29, 0.717) is 17.1 Å². The summed E-state index contributed by atoms with van der Waals surface area (Å²) in [6.07, 6.45) is 0. The van der Waals surface area contributed by atoms with Crippen molar-refractivity contribution in [1.82, 2.24) is 4.72 Å². The van der Waals surface area contributed by atoms with Gasteiger partial charge in [0.2, 0.25) is 10.0 Å². The summed E-state index contributed by atoms with van der Waals surface area (Å²) in [5.74, 6) is -0.00598. The SMILES string of the molecule is Cc1ccc(CNS(=O)(=O)Cc2ccc(C(=O)O)cc2)o1. The van der Waals surface area contributed by atoms with Crippen LogP contribution in [0.3, 0.4) is 0 Å². The lowest BCUT2D eigenvalue weighted by Crippen LogP contribution is -2.24. The van der Waals surface area contributed by atoms with E-state index >= 15 is 0 Å². The van der Waals surface area contributed by atoms with Gasteiger partial charge in [0.05, 0.1) is 17.9 Å². The second-order valence-corrected chi connectivity index (χ2v) is 6.40. The zero-order chi connectivity index (χ0) is 15.5. The van der Waals surface area contributed by atoms with Crippen molar-refractivity contribution in [3.8, 4) is 0 Å². The molecule has 1 aromatic carbocycles. The van der Waals surface area contributed by atoms with Gasteiger partial charge >= 0.3 is 5.97 Å². The van der Waals surface area contributed by atoms with Crippen LogP contribution in [-0.2, 0) is 22.3 Å². The standard InChI is InChI=1S/C14H15NO5S/c1-10-2-7-13(20-10)8-15-21(18,19)9-11-3-5-12(6-4-11)14(16)17/h2-7,15H,8-9H2,1H3,(H,16,17). The van der Waals surface area contributed by atoms with Crippen molar-refractivity contribution in [3.05, 3.63) is 59.0 Å². The van der Waals surface area contributed by atoms with Gasteiger partial charge < -0.3 is 9.52 Å². The molecule has 0 saturated heterocycles. The van der Waals surface area contributed by atoms with E-state index in [1.54, 1.807) is 19.1 Å². The largest absolute Gasteiger partial charge is 0.478 e. The van der Waals surface area contributed by atoms with E-state index in [4.69, 9.17) is 9.52 Å². The Morgan fingerprint density at radius 2 is 1.86 bits per heavy atom. The molecule has 0 atom stereocenters. The molecule has 21 heavy (non-hydrogen) atoms. The Morgan fingerprint density at radius 1 is 1.19 bits per heavy atom. The van der Waals surface area contributed by atoms with E-state index in [0.717, 1.165) is 0 Å². The number of rotatable bonds is 6. The monoisotopic (exact) mass is 309 g/mol. The fourth-order valence-electron chi connectivity index (χ4n) is 1.78. The lowest BCUT2D eigenvalue weighted by atomic mass is 10.1. The van der Waals surface area contributed by atoms with Crippen LogP contribution in [0, 0.1) is 6.92 Å². The number of furan rings is 1. The van der Waals surface area contributed by atoms with Crippen LogP contribution in [0.4, 0.5) is 0 Å². The summed E-state index contributed by atoms with van der Waals surface area (Å²) in [5.41, 5.74) is 0.637. The molecule has 112 valence electrons. The Hall–Kier alpha value is -2.12. The molecule has 0 radical (unpaired) electrons. The second-order valence-electron chi connectivity index (χ2n) is 4.59. The molecule has 2 rings (SSSR count). The van der Waals surface area contributed by atoms with Gasteiger partial charge in [0, 0.05) is 0 Å². The van der Waals surface area contributed by atoms with E-state index in [9.17, 15) is 13.2 Å². The third kappa shape index (κ3) is 4.44. The summed E-state index contributed by atoms with van der Waals surface area (Å²) >= 11 is 0. The average molecular weight is 309 g/mol. The van der Waals surface area contributed by atoms with E-state index < -0.39 is 16.0 Å². The first-order valence-corrected chi connectivity index (χ1v) is 7.86. The highest BCUT2D eigenvalue weighted by Crippen LogP contribution is 2.10. The zero-order valence-corrected chi connectivity index (χ0v) is 12.2. The molecule has 0 aliphatic carbocycles. The first-order valence-electron chi connectivity index (χ1n) is 6.20. The van der Waals surface area contributed by atoms with Crippen molar-refractivity contribution in [3.63, 3.8) is 0 Å². The summed E-state index contributed by atoms with van der Waals surface area (Å²) < 4.78 is 31.6. The van der Waals surface area contributed by atoms with Gasteiger partial charge in [-0.15, -0.1) is 0 Å². The molecule has 2 N–H and O–H groups in total. The maximum Gasteiger partial charge on any atom is 0.335 e. The number of nitrogens with one attached hydrogen (secondary N) is 1. The van der Waals surface area contributed by atoms with Gasteiger partial charge in [0.15, 0.2) is 0 Å². The molecule has 0 amide bonds. The Labute approximate surface area is 122 Å². The van der Waals surface area contributed by atoms with E-state index in [-0.39, 0.29) is 17.9 Å². The Balaban J connectivity index is 1.98. The summed E-state index contributed by atoms with van der Waals surface area (Å²) in [6.45, 7) is 1.87. The number of aryl methyl sites for hydroxylation is 1. The number of hydrogen-bond donors (Lipinski definition) is 2. The lowest BCUT2D eigenvalue weighted by Gasteiger charge is -2.06. The molecule has 0 aliphatic rings. The van der Waals surface area contributed by atoms with Crippen molar-refractivity contribution < 1.29 is 22.7 Å². The zero-order valence-electron chi connectivity index (χ0n) is 11.4. The number of benzene rings is 1. The molecule has 2 aromatic rings. The van der Waals surface area contributed by atoms with Crippen LogP contribution in [0.5, 0.6) is 0 Å². The van der Waals surface area contributed by atoms with Gasteiger partial charge in [-0.2, -0.15) is 0 Å². The van der Waals surface area contributed by atoms with Crippen molar-refractivity contribution in [2.75, 3.05) is 0 Å². The molecule has 0 unspecified atom stereocenters. The van der Waals surface area contributed by atoms with Crippen molar-refractivity contribution in [1.29, 1.82) is 0 Å². The third-order valence-electron chi connectivity index (χ3n) is 2.82. The molecule has 0 bridgehead atoms. The number of aromatic carboxylic acids is 1. The van der Waals surface area contributed by atoms with Gasteiger partial charge in [-0.25, -0.2) is 17.9 Å². The minimum atomic E-state index is -3.51. The molecular weight excluding hydrogens is 294 g/mol. The normalized spacial score (nSPS) is 11.5. The molecule has 1 heterocycles. The van der Waals surface area contributed by atoms with Crippen LogP contribution in [0.1, 0.15) is 27.4 Å². The van der Waals surface area contributed by atoms with Gasteiger partial charge in [-0.3, -0.25) is 0 Å². The van der Waals surface area contributed by atoms with E-state index in [2.05, 4.69) is 4.72 Å².